The lowest BCUT2D eigenvalue weighted by Crippen LogP contribution is -2.30. The highest BCUT2D eigenvalue weighted by molar-refractivity contribution is 4.79. The molecule has 0 aromatic rings. The van der Waals surface area contributed by atoms with Gasteiger partial charge in [0.1, 0.15) is 0 Å². The molecule has 0 radical (unpaired) electrons. The molecule has 1 saturated carbocycles. The summed E-state index contributed by atoms with van der Waals surface area (Å²) in [4.78, 5) is 0. The van der Waals surface area contributed by atoms with Crippen molar-refractivity contribution in [3.05, 3.63) is 0 Å². The molecule has 1 nitrogen and oxygen atoms in total. The zero-order valence-corrected chi connectivity index (χ0v) is 6.35. The Kier molecular flexibility index (Phi) is 1.80. The standard InChI is InChI=1S/C8H16O/c1-7-4-3-5-8(2,9)6-7/h7,9H,3-6H2,1-2H3. The molecule has 2 unspecified atom stereocenters. The van der Waals surface area contributed by atoms with E-state index in [1.807, 2.05) is 6.92 Å². The fourth-order valence-electron chi connectivity index (χ4n) is 1.79. The van der Waals surface area contributed by atoms with Crippen LogP contribution in [-0.2, 0) is 0 Å². The molecule has 2 atom stereocenters. The second-order valence-corrected chi connectivity index (χ2v) is 3.70. The van der Waals surface area contributed by atoms with E-state index in [-0.39, 0.29) is 5.60 Å². The zero-order valence-electron chi connectivity index (χ0n) is 6.35. The van der Waals surface area contributed by atoms with Crippen LogP contribution in [0, 0.1) is 5.92 Å². The van der Waals surface area contributed by atoms with Crippen molar-refractivity contribution < 1.29 is 5.11 Å². The summed E-state index contributed by atoms with van der Waals surface area (Å²) in [6.45, 7) is 4.16. The van der Waals surface area contributed by atoms with E-state index in [0.29, 0.717) is 0 Å². The second kappa shape index (κ2) is 2.30. The van der Waals surface area contributed by atoms with Gasteiger partial charge >= 0.3 is 0 Å². The summed E-state index contributed by atoms with van der Waals surface area (Å²) in [6.07, 6.45) is 4.49. The Balaban J connectivity index is 2.41. The molecule has 1 rings (SSSR count). The minimum Gasteiger partial charge on any atom is -0.390 e. The van der Waals surface area contributed by atoms with Crippen LogP contribution >= 0.6 is 0 Å². The zero-order chi connectivity index (χ0) is 6.91. The lowest BCUT2D eigenvalue weighted by Gasteiger charge is -2.31. The van der Waals surface area contributed by atoms with Crippen LogP contribution in [0.15, 0.2) is 0 Å². The van der Waals surface area contributed by atoms with Gasteiger partial charge in [0.25, 0.3) is 0 Å². The summed E-state index contributed by atoms with van der Waals surface area (Å²) in [5.41, 5.74) is -0.350. The third-order valence-corrected chi connectivity index (χ3v) is 2.20. The molecule has 0 aliphatic heterocycles. The minimum atomic E-state index is -0.350. The van der Waals surface area contributed by atoms with Gasteiger partial charge in [0.2, 0.25) is 0 Å². The molecule has 0 saturated heterocycles. The Hall–Kier alpha value is -0.0400. The van der Waals surface area contributed by atoms with Crippen LogP contribution in [0.5, 0.6) is 0 Å². The fraction of sp³-hybridized carbons (Fsp3) is 1.00. The van der Waals surface area contributed by atoms with Crippen molar-refractivity contribution >= 4 is 0 Å². The van der Waals surface area contributed by atoms with E-state index in [4.69, 9.17) is 0 Å². The molecule has 0 amide bonds. The van der Waals surface area contributed by atoms with Gasteiger partial charge in [-0.25, -0.2) is 0 Å². The summed E-state index contributed by atoms with van der Waals surface area (Å²) in [6, 6.07) is 0. The van der Waals surface area contributed by atoms with E-state index in [0.717, 1.165) is 18.8 Å². The summed E-state index contributed by atoms with van der Waals surface area (Å²) in [5, 5.41) is 9.54. The Bertz CT molecular complexity index is 96.7. The van der Waals surface area contributed by atoms with Gasteiger partial charge in [-0.1, -0.05) is 19.8 Å². The average molecular weight is 128 g/mol. The molecule has 9 heavy (non-hydrogen) atoms. The molecule has 1 aliphatic rings. The van der Waals surface area contributed by atoms with E-state index in [1.165, 1.54) is 12.8 Å². The lowest BCUT2D eigenvalue weighted by molar-refractivity contribution is 0.00461. The van der Waals surface area contributed by atoms with Gasteiger partial charge in [0, 0.05) is 0 Å². The predicted molar refractivity (Wildman–Crippen MR) is 38.3 cm³/mol. The number of rotatable bonds is 0. The molecular weight excluding hydrogens is 112 g/mol. The van der Waals surface area contributed by atoms with E-state index in [1.54, 1.807) is 0 Å². The monoisotopic (exact) mass is 128 g/mol. The van der Waals surface area contributed by atoms with Gasteiger partial charge in [-0.2, -0.15) is 0 Å². The summed E-state index contributed by atoms with van der Waals surface area (Å²) < 4.78 is 0. The third-order valence-electron chi connectivity index (χ3n) is 2.20. The van der Waals surface area contributed by atoms with Gasteiger partial charge < -0.3 is 5.11 Å². The number of hydrogen-bond donors (Lipinski definition) is 1. The molecule has 1 N–H and O–H groups in total. The van der Waals surface area contributed by atoms with E-state index >= 15 is 0 Å². The molecule has 0 bridgehead atoms. The van der Waals surface area contributed by atoms with Crippen molar-refractivity contribution in [2.75, 3.05) is 0 Å². The van der Waals surface area contributed by atoms with Gasteiger partial charge in [-0.05, 0) is 25.7 Å². The van der Waals surface area contributed by atoms with Gasteiger partial charge in [-0.3, -0.25) is 0 Å². The normalized spacial score (nSPS) is 45.0. The van der Waals surface area contributed by atoms with Crippen LogP contribution in [0.4, 0.5) is 0 Å². The largest absolute Gasteiger partial charge is 0.390 e. The molecule has 0 spiro atoms. The van der Waals surface area contributed by atoms with E-state index < -0.39 is 0 Å². The third kappa shape index (κ3) is 1.98. The van der Waals surface area contributed by atoms with Crippen LogP contribution < -0.4 is 0 Å². The van der Waals surface area contributed by atoms with Crippen molar-refractivity contribution in [3.8, 4) is 0 Å². The van der Waals surface area contributed by atoms with Crippen molar-refractivity contribution in [1.29, 1.82) is 0 Å². The maximum absolute atomic E-state index is 9.54. The Morgan fingerprint density at radius 1 is 1.56 bits per heavy atom. The van der Waals surface area contributed by atoms with Crippen molar-refractivity contribution in [3.63, 3.8) is 0 Å². The first kappa shape index (κ1) is 7.07. The van der Waals surface area contributed by atoms with E-state index in [2.05, 4.69) is 6.92 Å². The van der Waals surface area contributed by atoms with Crippen molar-refractivity contribution in [1.82, 2.24) is 0 Å². The Morgan fingerprint density at radius 2 is 2.22 bits per heavy atom. The predicted octanol–water partition coefficient (Wildman–Crippen LogP) is 1.95. The molecule has 0 heterocycles. The summed E-state index contributed by atoms with van der Waals surface area (Å²) in [5.74, 6) is 0.730. The highest BCUT2D eigenvalue weighted by Gasteiger charge is 2.26. The van der Waals surface area contributed by atoms with Gasteiger partial charge in [0.05, 0.1) is 5.60 Å². The fourth-order valence-corrected chi connectivity index (χ4v) is 1.79. The van der Waals surface area contributed by atoms with Crippen LogP contribution in [0.1, 0.15) is 39.5 Å². The van der Waals surface area contributed by atoms with Gasteiger partial charge in [-0.15, -0.1) is 0 Å². The highest BCUT2D eigenvalue weighted by Crippen LogP contribution is 2.31. The molecule has 0 aromatic heterocycles. The van der Waals surface area contributed by atoms with Crippen molar-refractivity contribution in [2.24, 2.45) is 5.92 Å². The SMILES string of the molecule is CC1CCCC(C)(O)C1. The molecule has 1 aliphatic carbocycles. The maximum atomic E-state index is 9.54. The summed E-state index contributed by atoms with van der Waals surface area (Å²) in [7, 11) is 0. The lowest BCUT2D eigenvalue weighted by atomic mass is 9.80. The molecule has 0 aromatic carbocycles. The van der Waals surface area contributed by atoms with Crippen LogP contribution in [0.3, 0.4) is 0 Å². The van der Waals surface area contributed by atoms with Crippen LogP contribution in [0.2, 0.25) is 0 Å². The minimum absolute atomic E-state index is 0.350. The summed E-state index contributed by atoms with van der Waals surface area (Å²) >= 11 is 0. The highest BCUT2D eigenvalue weighted by atomic mass is 16.3. The number of aliphatic hydroxyl groups is 1. The molecule has 54 valence electrons. The molecule has 1 fully saturated rings. The first-order valence-corrected chi connectivity index (χ1v) is 3.82. The van der Waals surface area contributed by atoms with Gasteiger partial charge in [0.15, 0.2) is 0 Å². The second-order valence-electron chi connectivity index (χ2n) is 3.70. The van der Waals surface area contributed by atoms with Crippen LogP contribution in [0.25, 0.3) is 0 Å². The average Bonchev–Trinajstić information content (AvgIpc) is 1.60. The molecular formula is C8H16O. The number of hydrogen-bond acceptors (Lipinski definition) is 1. The first-order valence-electron chi connectivity index (χ1n) is 3.82. The first-order chi connectivity index (χ1) is 4.10. The smallest absolute Gasteiger partial charge is 0.0622 e. The maximum Gasteiger partial charge on any atom is 0.0622 e. The molecule has 1 heteroatoms. The quantitative estimate of drug-likeness (QED) is 0.528. The van der Waals surface area contributed by atoms with Crippen LogP contribution in [-0.4, -0.2) is 10.7 Å². The Labute approximate surface area is 57.1 Å². The van der Waals surface area contributed by atoms with Crippen molar-refractivity contribution in [2.45, 2.75) is 45.1 Å². The van der Waals surface area contributed by atoms with E-state index in [9.17, 15) is 5.11 Å². The topological polar surface area (TPSA) is 20.2 Å². The Morgan fingerprint density at radius 3 is 2.56 bits per heavy atom.